The molecule has 1 aliphatic carbocycles. The van der Waals surface area contributed by atoms with Crippen LogP contribution >= 0.6 is 34.7 Å². The van der Waals surface area contributed by atoms with Crippen molar-refractivity contribution in [3.05, 3.63) is 54.1 Å². The van der Waals surface area contributed by atoms with Crippen molar-refractivity contribution in [3.63, 3.8) is 0 Å². The number of hydrogen-bond acceptors (Lipinski definition) is 7. The molecule has 0 aliphatic heterocycles. The molecule has 0 spiro atoms. The van der Waals surface area contributed by atoms with E-state index in [9.17, 15) is 19.7 Å². The molecule has 0 atom stereocenters. The molecule has 2 heterocycles. The van der Waals surface area contributed by atoms with Crippen LogP contribution < -0.4 is 10.9 Å². The molecule has 8 nitrogen and oxygen atoms in total. The van der Waals surface area contributed by atoms with Gasteiger partial charge in [-0.05, 0) is 50.3 Å². The summed E-state index contributed by atoms with van der Waals surface area (Å²) in [6.45, 7) is 2.34. The van der Waals surface area contributed by atoms with Gasteiger partial charge in [0.25, 0.3) is 11.2 Å². The Morgan fingerprint density at radius 1 is 1.39 bits per heavy atom. The molecule has 1 aromatic carbocycles. The normalized spacial score (nSPS) is 13.2. The first-order valence-electron chi connectivity index (χ1n) is 9.80. The molecule has 0 unspecified atom stereocenters. The summed E-state index contributed by atoms with van der Waals surface area (Å²) in [5.41, 5.74) is 1.09. The van der Waals surface area contributed by atoms with Gasteiger partial charge in [0.2, 0.25) is 5.91 Å². The number of amides is 1. The van der Waals surface area contributed by atoms with E-state index in [1.54, 1.807) is 15.9 Å². The van der Waals surface area contributed by atoms with Gasteiger partial charge in [0.1, 0.15) is 9.85 Å². The average Bonchev–Trinajstić information content (AvgIpc) is 3.12. The van der Waals surface area contributed by atoms with Gasteiger partial charge in [0.15, 0.2) is 5.16 Å². The van der Waals surface area contributed by atoms with Crippen LogP contribution in [0.3, 0.4) is 0 Å². The zero-order valence-electron chi connectivity index (χ0n) is 16.6. The van der Waals surface area contributed by atoms with Crippen molar-refractivity contribution >= 4 is 62.2 Å². The number of thioether (sulfide) groups is 1. The second kappa shape index (κ2) is 8.97. The number of halogens is 1. The van der Waals surface area contributed by atoms with Gasteiger partial charge in [-0.3, -0.25) is 24.3 Å². The molecule has 1 aliphatic rings. The highest BCUT2D eigenvalue weighted by molar-refractivity contribution is 7.99. The number of nitro groups is 1. The Labute approximate surface area is 190 Å². The Kier molecular flexibility index (Phi) is 6.31. The van der Waals surface area contributed by atoms with Gasteiger partial charge in [0.05, 0.1) is 16.1 Å². The maximum atomic E-state index is 13.1. The topological polar surface area (TPSA) is 107 Å². The molecule has 162 valence electrons. The van der Waals surface area contributed by atoms with Crippen LogP contribution in [0, 0.1) is 10.1 Å². The Morgan fingerprint density at radius 3 is 2.90 bits per heavy atom. The highest BCUT2D eigenvalue weighted by Crippen LogP contribution is 2.34. The molecule has 0 saturated carbocycles. The van der Waals surface area contributed by atoms with Crippen molar-refractivity contribution in [1.29, 1.82) is 0 Å². The Morgan fingerprint density at radius 2 is 2.16 bits per heavy atom. The van der Waals surface area contributed by atoms with E-state index in [1.807, 2.05) is 6.92 Å². The first kappa shape index (κ1) is 21.8. The van der Waals surface area contributed by atoms with E-state index >= 15 is 0 Å². The third kappa shape index (κ3) is 4.32. The number of benzene rings is 1. The summed E-state index contributed by atoms with van der Waals surface area (Å²) in [4.78, 5) is 42.6. The number of nitro benzene ring substituents is 1. The van der Waals surface area contributed by atoms with Gasteiger partial charge < -0.3 is 5.32 Å². The SMILES string of the molecule is CCn1c(SCC(=O)Nc2ccc(Cl)c([N+](=O)[O-])c2)nc2sc3c(c2c1=O)CCCC3. The van der Waals surface area contributed by atoms with Crippen molar-refractivity contribution in [2.45, 2.75) is 44.3 Å². The Hall–Kier alpha value is -2.43. The van der Waals surface area contributed by atoms with Crippen LogP contribution in [0.15, 0.2) is 28.2 Å². The van der Waals surface area contributed by atoms with Crippen LogP contribution in [0.4, 0.5) is 11.4 Å². The number of hydrogen-bond donors (Lipinski definition) is 1. The highest BCUT2D eigenvalue weighted by Gasteiger charge is 2.22. The fourth-order valence-corrected chi connectivity index (χ4v) is 6.02. The number of rotatable bonds is 6. The third-order valence-corrected chi connectivity index (χ3v) is 7.60. The molecular weight excluding hydrogens is 460 g/mol. The standard InChI is InChI=1S/C20H19ClN4O4S2/c1-2-24-19(27)17-12-5-3-4-6-15(12)31-18(17)23-20(24)30-10-16(26)22-11-7-8-13(21)14(9-11)25(28)29/h7-9H,2-6,10H2,1H3,(H,22,26). The molecule has 3 aromatic rings. The third-order valence-electron chi connectivity index (χ3n) is 5.12. The summed E-state index contributed by atoms with van der Waals surface area (Å²) in [7, 11) is 0. The van der Waals surface area contributed by atoms with Crippen molar-refractivity contribution < 1.29 is 9.72 Å². The summed E-state index contributed by atoms with van der Waals surface area (Å²) < 4.78 is 1.61. The molecule has 11 heteroatoms. The number of aromatic nitrogens is 2. The van der Waals surface area contributed by atoms with E-state index in [-0.39, 0.29) is 33.6 Å². The molecule has 2 aromatic heterocycles. The van der Waals surface area contributed by atoms with E-state index < -0.39 is 4.92 Å². The first-order chi connectivity index (χ1) is 14.9. The Balaban J connectivity index is 1.55. The van der Waals surface area contributed by atoms with Gasteiger partial charge in [-0.25, -0.2) is 4.98 Å². The van der Waals surface area contributed by atoms with E-state index in [0.717, 1.165) is 41.5 Å². The smallest absolute Gasteiger partial charge is 0.289 e. The predicted octanol–water partition coefficient (Wildman–Crippen LogP) is 4.65. The lowest BCUT2D eigenvalue weighted by atomic mass is 9.97. The number of nitrogens with zero attached hydrogens (tertiary/aromatic N) is 3. The van der Waals surface area contributed by atoms with E-state index in [0.29, 0.717) is 11.7 Å². The van der Waals surface area contributed by atoms with E-state index in [4.69, 9.17) is 16.6 Å². The number of aryl methyl sites for hydroxylation is 2. The second-order valence-corrected chi connectivity index (χ2v) is 9.53. The summed E-state index contributed by atoms with van der Waals surface area (Å²) in [5.74, 6) is -0.344. The highest BCUT2D eigenvalue weighted by atomic mass is 35.5. The number of carbonyl (C=O) groups is 1. The molecule has 0 bridgehead atoms. The predicted molar refractivity (Wildman–Crippen MR) is 124 cm³/mol. The summed E-state index contributed by atoms with van der Waals surface area (Å²) in [5, 5.41) is 14.9. The number of nitrogens with one attached hydrogen (secondary N) is 1. The van der Waals surface area contributed by atoms with E-state index in [1.165, 1.54) is 34.8 Å². The molecule has 1 N–H and O–H groups in total. The van der Waals surface area contributed by atoms with Gasteiger partial charge in [-0.2, -0.15) is 0 Å². The fraction of sp³-hybridized carbons (Fsp3) is 0.350. The second-order valence-electron chi connectivity index (χ2n) is 7.09. The number of carbonyl (C=O) groups excluding carboxylic acids is 1. The van der Waals surface area contributed by atoms with Gasteiger partial charge in [-0.15, -0.1) is 11.3 Å². The van der Waals surface area contributed by atoms with Crippen LogP contribution in [0.2, 0.25) is 5.02 Å². The minimum atomic E-state index is -0.605. The molecular formula is C20H19ClN4O4S2. The summed E-state index contributed by atoms with van der Waals surface area (Å²) in [6.07, 6.45) is 4.12. The van der Waals surface area contributed by atoms with Crippen molar-refractivity contribution in [2.24, 2.45) is 0 Å². The average molecular weight is 479 g/mol. The lowest BCUT2D eigenvalue weighted by Gasteiger charge is -2.12. The van der Waals surface area contributed by atoms with Crippen LogP contribution in [0.5, 0.6) is 0 Å². The largest absolute Gasteiger partial charge is 0.325 e. The minimum Gasteiger partial charge on any atom is -0.325 e. The monoisotopic (exact) mass is 478 g/mol. The van der Waals surface area contributed by atoms with Crippen molar-refractivity contribution in [3.8, 4) is 0 Å². The summed E-state index contributed by atoms with van der Waals surface area (Å²) >= 11 is 8.55. The molecule has 4 rings (SSSR count). The van der Waals surface area contributed by atoms with Crippen LogP contribution in [0.1, 0.15) is 30.2 Å². The molecule has 0 saturated heterocycles. The van der Waals surface area contributed by atoms with Gasteiger partial charge >= 0.3 is 0 Å². The zero-order valence-corrected chi connectivity index (χ0v) is 19.0. The lowest BCUT2D eigenvalue weighted by Crippen LogP contribution is -2.24. The minimum absolute atomic E-state index is 0.000448. The fourth-order valence-electron chi connectivity index (χ4n) is 3.67. The molecule has 1 amide bonds. The van der Waals surface area contributed by atoms with E-state index in [2.05, 4.69) is 5.32 Å². The lowest BCUT2D eigenvalue weighted by molar-refractivity contribution is -0.384. The number of thiophene rings is 1. The number of anilines is 1. The first-order valence-corrected chi connectivity index (χ1v) is 12.0. The Bertz CT molecular complexity index is 1250. The van der Waals surface area contributed by atoms with Crippen LogP contribution in [-0.4, -0.2) is 26.1 Å². The van der Waals surface area contributed by atoms with Crippen LogP contribution in [-0.2, 0) is 24.2 Å². The number of fused-ring (bicyclic) bond motifs is 3. The van der Waals surface area contributed by atoms with Crippen LogP contribution in [0.25, 0.3) is 10.2 Å². The van der Waals surface area contributed by atoms with Crippen molar-refractivity contribution in [1.82, 2.24) is 9.55 Å². The molecule has 0 radical (unpaired) electrons. The zero-order chi connectivity index (χ0) is 22.1. The van der Waals surface area contributed by atoms with Crippen molar-refractivity contribution in [2.75, 3.05) is 11.1 Å². The van der Waals surface area contributed by atoms with Gasteiger partial charge in [0, 0.05) is 23.2 Å². The van der Waals surface area contributed by atoms with Gasteiger partial charge in [-0.1, -0.05) is 23.4 Å². The molecule has 31 heavy (non-hydrogen) atoms. The molecule has 0 fully saturated rings. The maximum absolute atomic E-state index is 13.1. The quantitative estimate of drug-likeness (QED) is 0.239. The summed E-state index contributed by atoms with van der Waals surface area (Å²) in [6, 6.07) is 4.08. The maximum Gasteiger partial charge on any atom is 0.289 e.